The molecule has 0 bridgehead atoms. The molecule has 1 aromatic carbocycles. The first-order valence-electron chi connectivity index (χ1n) is 8.36. The van der Waals surface area contributed by atoms with Gasteiger partial charge in [-0.3, -0.25) is 4.79 Å². The number of aliphatic hydroxyl groups excluding tert-OH is 1. The summed E-state index contributed by atoms with van der Waals surface area (Å²) in [5.74, 6) is -0.385. The van der Waals surface area contributed by atoms with E-state index in [1.54, 1.807) is 18.2 Å². The number of likely N-dealkylation sites (tertiary alicyclic amines) is 1. The average molecular weight is 323 g/mol. The summed E-state index contributed by atoms with van der Waals surface area (Å²) in [4.78, 5) is 14.4. The van der Waals surface area contributed by atoms with Crippen LogP contribution >= 0.6 is 0 Å². The number of piperidine rings is 1. The first-order valence-corrected chi connectivity index (χ1v) is 8.36. The molecule has 0 aliphatic carbocycles. The highest BCUT2D eigenvalue weighted by molar-refractivity contribution is 5.78. The number of rotatable bonds is 7. The van der Waals surface area contributed by atoms with Crippen LogP contribution in [-0.2, 0) is 16.0 Å². The zero-order chi connectivity index (χ0) is 16.7. The van der Waals surface area contributed by atoms with Crippen molar-refractivity contribution in [2.45, 2.75) is 38.7 Å². The third-order valence-electron chi connectivity index (χ3n) is 4.32. The van der Waals surface area contributed by atoms with Gasteiger partial charge in [-0.2, -0.15) is 0 Å². The number of hydrogen-bond donors (Lipinski definition) is 1. The standard InChI is InChI=1S/C18H26FNO3/c1-14(13-15-5-2-3-6-17(15)19)18(22)20-9-7-16(8-10-20)23-12-4-11-21/h2-3,5-6,14,16,21H,4,7-13H2,1H3. The van der Waals surface area contributed by atoms with E-state index < -0.39 is 0 Å². The molecule has 1 amide bonds. The number of amides is 1. The maximum absolute atomic E-state index is 13.7. The lowest BCUT2D eigenvalue weighted by Crippen LogP contribution is -2.43. The van der Waals surface area contributed by atoms with Crippen LogP contribution in [0.4, 0.5) is 4.39 Å². The van der Waals surface area contributed by atoms with Crippen LogP contribution in [0, 0.1) is 11.7 Å². The maximum atomic E-state index is 13.7. The lowest BCUT2D eigenvalue weighted by molar-refractivity contribution is -0.137. The number of ether oxygens (including phenoxy) is 1. The van der Waals surface area contributed by atoms with Crippen LogP contribution in [0.15, 0.2) is 24.3 Å². The Kier molecular flexibility index (Phi) is 6.99. The van der Waals surface area contributed by atoms with Crippen molar-refractivity contribution in [3.05, 3.63) is 35.6 Å². The number of halogens is 1. The van der Waals surface area contributed by atoms with Gasteiger partial charge in [-0.25, -0.2) is 4.39 Å². The van der Waals surface area contributed by atoms with Gasteiger partial charge in [0, 0.05) is 32.2 Å². The van der Waals surface area contributed by atoms with E-state index in [2.05, 4.69) is 0 Å². The van der Waals surface area contributed by atoms with Crippen LogP contribution in [0.5, 0.6) is 0 Å². The molecule has 1 aromatic rings. The van der Waals surface area contributed by atoms with Gasteiger partial charge in [-0.15, -0.1) is 0 Å². The molecule has 0 saturated carbocycles. The number of carbonyl (C=O) groups excluding carboxylic acids is 1. The Balaban J connectivity index is 1.79. The van der Waals surface area contributed by atoms with Crippen LogP contribution in [0.1, 0.15) is 31.7 Å². The average Bonchev–Trinajstić information content (AvgIpc) is 2.57. The van der Waals surface area contributed by atoms with E-state index in [0.29, 0.717) is 38.1 Å². The second-order valence-corrected chi connectivity index (χ2v) is 6.17. The number of aliphatic hydroxyl groups is 1. The van der Waals surface area contributed by atoms with Crippen molar-refractivity contribution in [2.24, 2.45) is 5.92 Å². The Bertz CT molecular complexity index is 501. The van der Waals surface area contributed by atoms with Crippen LogP contribution in [0.25, 0.3) is 0 Å². The fourth-order valence-corrected chi connectivity index (χ4v) is 2.95. The van der Waals surface area contributed by atoms with E-state index in [0.717, 1.165) is 12.8 Å². The smallest absolute Gasteiger partial charge is 0.225 e. The molecule has 1 unspecified atom stereocenters. The van der Waals surface area contributed by atoms with Gasteiger partial charge in [0.1, 0.15) is 5.82 Å². The molecule has 4 nitrogen and oxygen atoms in total. The highest BCUT2D eigenvalue weighted by Crippen LogP contribution is 2.19. The van der Waals surface area contributed by atoms with Crippen LogP contribution in [-0.4, -0.2) is 48.3 Å². The van der Waals surface area contributed by atoms with Gasteiger partial charge in [0.15, 0.2) is 0 Å². The van der Waals surface area contributed by atoms with Crippen molar-refractivity contribution >= 4 is 5.91 Å². The molecule has 1 aliphatic rings. The molecular weight excluding hydrogens is 297 g/mol. The van der Waals surface area contributed by atoms with E-state index in [4.69, 9.17) is 9.84 Å². The summed E-state index contributed by atoms with van der Waals surface area (Å²) in [6.07, 6.45) is 2.90. The third kappa shape index (κ3) is 5.29. The fraction of sp³-hybridized carbons (Fsp3) is 0.611. The van der Waals surface area contributed by atoms with Gasteiger partial charge in [0.05, 0.1) is 6.10 Å². The lowest BCUT2D eigenvalue weighted by Gasteiger charge is -2.33. The molecule has 0 aromatic heterocycles. The minimum atomic E-state index is -0.247. The van der Waals surface area contributed by atoms with Crippen LogP contribution in [0.2, 0.25) is 0 Å². The van der Waals surface area contributed by atoms with Crippen molar-refractivity contribution in [1.29, 1.82) is 0 Å². The Labute approximate surface area is 137 Å². The van der Waals surface area contributed by atoms with Crippen LogP contribution < -0.4 is 0 Å². The predicted octanol–water partition coefficient (Wildman–Crippen LogP) is 2.39. The van der Waals surface area contributed by atoms with Crippen molar-refractivity contribution in [1.82, 2.24) is 4.90 Å². The minimum absolute atomic E-state index is 0.0852. The van der Waals surface area contributed by atoms with Gasteiger partial charge in [-0.05, 0) is 37.3 Å². The quantitative estimate of drug-likeness (QED) is 0.784. The Hall–Kier alpha value is -1.46. The molecule has 1 atom stereocenters. The second kappa shape index (κ2) is 8.99. The first kappa shape index (κ1) is 17.9. The zero-order valence-corrected chi connectivity index (χ0v) is 13.7. The number of benzene rings is 1. The summed E-state index contributed by atoms with van der Waals surface area (Å²) in [6.45, 7) is 3.94. The SMILES string of the molecule is CC(Cc1ccccc1F)C(=O)N1CCC(OCCCO)CC1. The summed E-state index contributed by atoms with van der Waals surface area (Å²) < 4.78 is 19.4. The van der Waals surface area contributed by atoms with E-state index >= 15 is 0 Å². The summed E-state index contributed by atoms with van der Waals surface area (Å²) in [6, 6.07) is 6.62. The Morgan fingerprint density at radius 3 is 2.74 bits per heavy atom. The highest BCUT2D eigenvalue weighted by Gasteiger charge is 2.26. The molecule has 1 aliphatic heterocycles. The molecule has 1 heterocycles. The largest absolute Gasteiger partial charge is 0.396 e. The van der Waals surface area contributed by atoms with E-state index in [9.17, 15) is 9.18 Å². The van der Waals surface area contributed by atoms with Gasteiger partial charge >= 0.3 is 0 Å². The van der Waals surface area contributed by atoms with Gasteiger partial charge in [0.2, 0.25) is 5.91 Å². The molecule has 1 fully saturated rings. The predicted molar refractivity (Wildman–Crippen MR) is 86.5 cm³/mol. The fourth-order valence-electron chi connectivity index (χ4n) is 2.95. The van der Waals surface area contributed by atoms with Gasteiger partial charge < -0.3 is 14.7 Å². The monoisotopic (exact) mass is 323 g/mol. The van der Waals surface area contributed by atoms with Crippen LogP contribution in [0.3, 0.4) is 0 Å². The molecular formula is C18H26FNO3. The maximum Gasteiger partial charge on any atom is 0.225 e. The van der Waals surface area contributed by atoms with E-state index in [-0.39, 0.29) is 30.4 Å². The highest BCUT2D eigenvalue weighted by atomic mass is 19.1. The van der Waals surface area contributed by atoms with Gasteiger partial charge in [-0.1, -0.05) is 25.1 Å². The van der Waals surface area contributed by atoms with E-state index in [1.807, 2.05) is 11.8 Å². The summed E-state index contributed by atoms with van der Waals surface area (Å²) in [7, 11) is 0. The van der Waals surface area contributed by atoms with Gasteiger partial charge in [0.25, 0.3) is 0 Å². The van der Waals surface area contributed by atoms with Crippen molar-refractivity contribution in [2.75, 3.05) is 26.3 Å². The topological polar surface area (TPSA) is 49.8 Å². The molecule has 2 rings (SSSR count). The molecule has 23 heavy (non-hydrogen) atoms. The second-order valence-electron chi connectivity index (χ2n) is 6.17. The van der Waals surface area contributed by atoms with E-state index in [1.165, 1.54) is 6.07 Å². The Morgan fingerprint density at radius 2 is 2.09 bits per heavy atom. The zero-order valence-electron chi connectivity index (χ0n) is 13.7. The molecule has 1 saturated heterocycles. The lowest BCUT2D eigenvalue weighted by atomic mass is 9.98. The summed E-state index contributed by atoms with van der Waals surface area (Å²) >= 11 is 0. The Morgan fingerprint density at radius 1 is 1.39 bits per heavy atom. The first-order chi connectivity index (χ1) is 11.1. The molecule has 1 N–H and O–H groups in total. The normalized spacial score (nSPS) is 17.3. The third-order valence-corrected chi connectivity index (χ3v) is 4.32. The number of nitrogens with zero attached hydrogens (tertiary/aromatic N) is 1. The summed E-state index contributed by atoms with van der Waals surface area (Å²) in [5, 5.41) is 8.75. The minimum Gasteiger partial charge on any atom is -0.396 e. The number of carbonyl (C=O) groups is 1. The van der Waals surface area contributed by atoms with Crippen molar-refractivity contribution in [3.8, 4) is 0 Å². The van der Waals surface area contributed by atoms with Crippen molar-refractivity contribution in [3.63, 3.8) is 0 Å². The summed E-state index contributed by atoms with van der Waals surface area (Å²) in [5.41, 5.74) is 0.593. The molecule has 0 spiro atoms. The number of hydrogen-bond acceptors (Lipinski definition) is 3. The van der Waals surface area contributed by atoms with Crippen molar-refractivity contribution < 1.29 is 19.0 Å². The molecule has 5 heteroatoms. The molecule has 0 radical (unpaired) electrons. The molecule has 128 valence electrons.